The molecular formula is C58H115NO4. The summed E-state index contributed by atoms with van der Waals surface area (Å²) in [6.45, 7) is 4.22. The predicted molar refractivity (Wildman–Crippen MR) is 278 cm³/mol. The van der Waals surface area contributed by atoms with Crippen LogP contribution >= 0.6 is 0 Å². The Morgan fingerprint density at radius 2 is 0.635 bits per heavy atom. The smallest absolute Gasteiger partial charge is 0.220 e. The zero-order chi connectivity index (χ0) is 45.8. The van der Waals surface area contributed by atoms with Crippen LogP contribution in [0.25, 0.3) is 0 Å². The van der Waals surface area contributed by atoms with Crippen LogP contribution in [-0.2, 0) is 4.79 Å². The zero-order valence-corrected chi connectivity index (χ0v) is 43.0. The molecule has 5 nitrogen and oxygen atoms in total. The van der Waals surface area contributed by atoms with Crippen molar-refractivity contribution in [1.29, 1.82) is 0 Å². The first-order valence-corrected chi connectivity index (χ1v) is 29.0. The van der Waals surface area contributed by atoms with Crippen molar-refractivity contribution >= 4 is 5.91 Å². The molecule has 0 fully saturated rings. The Morgan fingerprint density at radius 1 is 0.381 bits per heavy atom. The molecule has 3 atom stereocenters. The van der Waals surface area contributed by atoms with Gasteiger partial charge in [-0.3, -0.25) is 4.79 Å². The highest BCUT2D eigenvalue weighted by molar-refractivity contribution is 5.76. The summed E-state index contributed by atoms with van der Waals surface area (Å²) in [5.74, 6) is -0.146. The van der Waals surface area contributed by atoms with Crippen molar-refractivity contribution in [2.24, 2.45) is 0 Å². The van der Waals surface area contributed by atoms with E-state index in [1.165, 1.54) is 263 Å². The molecule has 4 N–H and O–H groups in total. The summed E-state index contributed by atoms with van der Waals surface area (Å²) in [4.78, 5) is 12.5. The minimum Gasteiger partial charge on any atom is -0.394 e. The first-order chi connectivity index (χ1) is 31.1. The first-order valence-electron chi connectivity index (χ1n) is 29.0. The molecule has 3 unspecified atom stereocenters. The highest BCUT2D eigenvalue weighted by Gasteiger charge is 2.26. The van der Waals surface area contributed by atoms with Gasteiger partial charge in [0.2, 0.25) is 5.91 Å². The molecule has 5 heteroatoms. The van der Waals surface area contributed by atoms with Gasteiger partial charge in [-0.2, -0.15) is 0 Å². The van der Waals surface area contributed by atoms with Crippen molar-refractivity contribution in [3.8, 4) is 0 Å². The van der Waals surface area contributed by atoms with E-state index in [1.54, 1.807) is 0 Å². The molecular weight excluding hydrogens is 775 g/mol. The number of carbonyl (C=O) groups excluding carboxylic acids is 1. The van der Waals surface area contributed by atoms with E-state index in [4.69, 9.17) is 0 Å². The Balaban J connectivity index is 3.53. The Hall–Kier alpha value is -0.910. The van der Waals surface area contributed by atoms with Crippen molar-refractivity contribution in [2.45, 2.75) is 347 Å². The van der Waals surface area contributed by atoms with Crippen molar-refractivity contribution in [1.82, 2.24) is 5.32 Å². The molecule has 0 radical (unpaired) electrons. The number of nitrogens with one attached hydrogen (secondary N) is 1. The van der Waals surface area contributed by atoms with Crippen LogP contribution in [0.1, 0.15) is 328 Å². The number of allylic oxidation sites excluding steroid dienone is 2. The average Bonchev–Trinajstić information content (AvgIpc) is 3.29. The highest BCUT2D eigenvalue weighted by atomic mass is 16.3. The van der Waals surface area contributed by atoms with Crippen LogP contribution in [0.5, 0.6) is 0 Å². The van der Waals surface area contributed by atoms with Gasteiger partial charge in [-0.25, -0.2) is 0 Å². The van der Waals surface area contributed by atoms with Crippen molar-refractivity contribution in [3.05, 3.63) is 12.2 Å². The van der Waals surface area contributed by atoms with Crippen LogP contribution < -0.4 is 5.32 Å². The van der Waals surface area contributed by atoms with Gasteiger partial charge in [0.15, 0.2) is 0 Å². The van der Waals surface area contributed by atoms with E-state index < -0.39 is 18.2 Å². The van der Waals surface area contributed by atoms with Crippen molar-refractivity contribution in [3.63, 3.8) is 0 Å². The summed E-state index contributed by atoms with van der Waals surface area (Å²) in [7, 11) is 0. The molecule has 1 amide bonds. The lowest BCUT2D eigenvalue weighted by atomic mass is 10.0. The Labute approximate surface area is 395 Å². The molecule has 0 saturated carbocycles. The largest absolute Gasteiger partial charge is 0.394 e. The van der Waals surface area contributed by atoms with E-state index in [2.05, 4.69) is 31.3 Å². The minimum atomic E-state index is -1.16. The van der Waals surface area contributed by atoms with Gasteiger partial charge in [0.25, 0.3) is 0 Å². The quantitative estimate of drug-likeness (QED) is 0.0362. The van der Waals surface area contributed by atoms with Gasteiger partial charge >= 0.3 is 0 Å². The number of hydrogen-bond acceptors (Lipinski definition) is 4. The van der Waals surface area contributed by atoms with Crippen molar-refractivity contribution in [2.75, 3.05) is 6.61 Å². The van der Waals surface area contributed by atoms with Gasteiger partial charge in [0.1, 0.15) is 6.10 Å². The molecule has 0 spiro atoms. The van der Waals surface area contributed by atoms with E-state index in [1.807, 2.05) is 0 Å². The second-order valence-corrected chi connectivity index (χ2v) is 20.2. The molecule has 63 heavy (non-hydrogen) atoms. The number of aliphatic hydroxyl groups is 3. The maximum absolute atomic E-state index is 12.5. The summed E-state index contributed by atoms with van der Waals surface area (Å²) in [6.07, 6.45) is 66.6. The second kappa shape index (κ2) is 53.7. The number of hydrogen-bond donors (Lipinski definition) is 4. The van der Waals surface area contributed by atoms with Crippen molar-refractivity contribution < 1.29 is 20.1 Å². The first kappa shape index (κ1) is 62.1. The fourth-order valence-corrected chi connectivity index (χ4v) is 9.40. The van der Waals surface area contributed by atoms with E-state index >= 15 is 0 Å². The maximum Gasteiger partial charge on any atom is 0.220 e. The van der Waals surface area contributed by atoms with E-state index in [-0.39, 0.29) is 12.5 Å². The maximum atomic E-state index is 12.5. The van der Waals surface area contributed by atoms with Crippen LogP contribution in [0.15, 0.2) is 12.2 Å². The topological polar surface area (TPSA) is 89.8 Å². The van der Waals surface area contributed by atoms with Crippen LogP contribution in [-0.4, -0.2) is 46.1 Å². The van der Waals surface area contributed by atoms with E-state index in [9.17, 15) is 20.1 Å². The predicted octanol–water partition coefficient (Wildman–Crippen LogP) is 17.9. The molecule has 0 aromatic rings. The molecule has 0 rings (SSSR count). The van der Waals surface area contributed by atoms with Crippen LogP contribution in [0.4, 0.5) is 0 Å². The summed E-state index contributed by atoms with van der Waals surface area (Å²) in [5, 5.41) is 33.8. The molecule has 0 bridgehead atoms. The summed E-state index contributed by atoms with van der Waals surface area (Å²) < 4.78 is 0. The highest BCUT2D eigenvalue weighted by Crippen LogP contribution is 2.18. The normalized spacial score (nSPS) is 13.3. The number of unbranched alkanes of at least 4 members (excludes halogenated alkanes) is 44. The lowest BCUT2D eigenvalue weighted by Crippen LogP contribution is -2.50. The van der Waals surface area contributed by atoms with Crippen LogP contribution in [0.3, 0.4) is 0 Å². The Morgan fingerprint density at radius 3 is 0.921 bits per heavy atom. The fraction of sp³-hybridized carbons (Fsp3) is 0.948. The van der Waals surface area contributed by atoms with E-state index in [0.29, 0.717) is 12.8 Å². The number of carbonyl (C=O) groups is 1. The molecule has 0 saturated heterocycles. The van der Waals surface area contributed by atoms with Gasteiger partial charge in [0, 0.05) is 6.42 Å². The third-order valence-electron chi connectivity index (χ3n) is 13.9. The number of aliphatic hydroxyl groups excluding tert-OH is 3. The zero-order valence-electron chi connectivity index (χ0n) is 43.0. The third-order valence-corrected chi connectivity index (χ3v) is 13.9. The van der Waals surface area contributed by atoms with Crippen LogP contribution in [0.2, 0.25) is 0 Å². The fourth-order valence-electron chi connectivity index (χ4n) is 9.40. The monoisotopic (exact) mass is 890 g/mol. The SMILES string of the molecule is CCCCCCCCCCCCCCCCCCCCC/C=C/CCCC(O)C(O)C(CO)NC(=O)CCCCCCCCCCCCCCCCCCCCCCCCCCC. The van der Waals surface area contributed by atoms with E-state index in [0.717, 1.165) is 38.5 Å². The summed E-state index contributed by atoms with van der Waals surface area (Å²) in [5.41, 5.74) is 0. The van der Waals surface area contributed by atoms with Gasteiger partial charge < -0.3 is 20.6 Å². The molecule has 0 aliphatic heterocycles. The van der Waals surface area contributed by atoms with Gasteiger partial charge in [0.05, 0.1) is 18.8 Å². The molecule has 376 valence electrons. The number of amides is 1. The van der Waals surface area contributed by atoms with Crippen LogP contribution in [0, 0.1) is 0 Å². The Kier molecular flexibility index (Phi) is 52.9. The minimum absolute atomic E-state index is 0.146. The summed E-state index contributed by atoms with van der Waals surface area (Å²) >= 11 is 0. The lowest BCUT2D eigenvalue weighted by Gasteiger charge is -2.26. The molecule has 0 aliphatic rings. The van der Waals surface area contributed by atoms with Gasteiger partial charge in [-0.1, -0.05) is 296 Å². The molecule has 0 heterocycles. The third kappa shape index (κ3) is 48.8. The van der Waals surface area contributed by atoms with Gasteiger partial charge in [-0.15, -0.1) is 0 Å². The van der Waals surface area contributed by atoms with Gasteiger partial charge in [-0.05, 0) is 38.5 Å². The second-order valence-electron chi connectivity index (χ2n) is 20.2. The molecule has 0 aromatic carbocycles. The average molecular weight is 891 g/mol. The standard InChI is InChI=1S/C58H115NO4/c1-3-5-7-9-11-13-15-17-19-21-23-25-27-29-31-33-35-37-39-41-43-45-47-49-51-53-57(62)59-55(54-60)58(63)56(61)52-50-48-46-44-42-40-38-36-34-32-30-28-26-24-22-20-18-16-14-12-10-8-6-4-2/h44,46,55-56,58,60-61,63H,3-43,45,47-54H2,1-2H3,(H,59,62)/b46-44+. The molecule has 0 aromatic heterocycles. The summed E-state index contributed by atoms with van der Waals surface area (Å²) in [6, 6.07) is -0.823. The number of rotatable bonds is 54. The molecule has 0 aliphatic carbocycles. The lowest BCUT2D eigenvalue weighted by molar-refractivity contribution is -0.124. The Bertz CT molecular complexity index is 894.